The van der Waals surface area contributed by atoms with Crippen LogP contribution in [0.1, 0.15) is 24.6 Å². The van der Waals surface area contributed by atoms with Gasteiger partial charge in [-0.2, -0.15) is 5.10 Å². The summed E-state index contributed by atoms with van der Waals surface area (Å²) in [4.78, 5) is 12.3. The molecule has 0 atom stereocenters. The molecule has 0 radical (unpaired) electrons. The molecule has 1 aromatic rings. The molecular weight excluding hydrogens is 232 g/mol. The molecule has 15 heavy (non-hydrogen) atoms. The topological polar surface area (TPSA) is 41.5 Å². The molecule has 5 heteroatoms. The van der Waals surface area contributed by atoms with E-state index in [2.05, 4.69) is 10.5 Å². The van der Waals surface area contributed by atoms with Gasteiger partial charge in [0, 0.05) is 5.92 Å². The standard InChI is InChI=1S/C10H11ClN2OS/c1-6(8-4-5-9(11)15-8)12-13-10(14)7-2-3-7/h4-5,7H,2-3H2,1H3,(H,13,14)/b12-6-. The molecule has 0 saturated heterocycles. The number of carbonyl (C=O) groups is 1. The van der Waals surface area contributed by atoms with E-state index in [4.69, 9.17) is 11.6 Å². The molecule has 1 fully saturated rings. The third-order valence-corrected chi connectivity index (χ3v) is 3.55. The van der Waals surface area contributed by atoms with E-state index in [9.17, 15) is 4.79 Å². The van der Waals surface area contributed by atoms with Crippen LogP contribution >= 0.6 is 22.9 Å². The highest BCUT2D eigenvalue weighted by Gasteiger charge is 2.29. The van der Waals surface area contributed by atoms with E-state index < -0.39 is 0 Å². The Kier molecular flexibility index (Phi) is 3.07. The molecule has 0 aliphatic heterocycles. The maximum Gasteiger partial charge on any atom is 0.243 e. The lowest BCUT2D eigenvalue weighted by atomic mass is 10.3. The lowest BCUT2D eigenvalue weighted by Gasteiger charge is -1.98. The van der Waals surface area contributed by atoms with Crippen LogP contribution in [0, 0.1) is 5.92 Å². The number of rotatable bonds is 3. The molecule has 1 saturated carbocycles. The monoisotopic (exact) mass is 242 g/mol. The van der Waals surface area contributed by atoms with E-state index in [0.29, 0.717) is 0 Å². The fourth-order valence-corrected chi connectivity index (χ4v) is 2.13. The second-order valence-corrected chi connectivity index (χ2v) is 5.27. The van der Waals surface area contributed by atoms with Gasteiger partial charge in [-0.3, -0.25) is 4.79 Å². The first kappa shape index (κ1) is 10.6. The largest absolute Gasteiger partial charge is 0.273 e. The van der Waals surface area contributed by atoms with E-state index in [0.717, 1.165) is 27.8 Å². The summed E-state index contributed by atoms with van der Waals surface area (Å²) in [5.74, 6) is 0.213. The summed E-state index contributed by atoms with van der Waals surface area (Å²) in [7, 11) is 0. The zero-order valence-corrected chi connectivity index (χ0v) is 9.86. The number of carbonyl (C=O) groups excluding carboxylic acids is 1. The van der Waals surface area contributed by atoms with Crippen molar-refractivity contribution in [2.45, 2.75) is 19.8 Å². The van der Waals surface area contributed by atoms with Crippen LogP contribution in [0.4, 0.5) is 0 Å². The molecular formula is C10H11ClN2OS. The molecule has 1 amide bonds. The normalized spacial score (nSPS) is 16.5. The van der Waals surface area contributed by atoms with Crippen molar-refractivity contribution in [3.05, 3.63) is 21.3 Å². The molecule has 1 heterocycles. The molecule has 2 rings (SSSR count). The number of hydrazone groups is 1. The van der Waals surface area contributed by atoms with Crippen LogP contribution in [0.25, 0.3) is 0 Å². The number of amides is 1. The van der Waals surface area contributed by atoms with Crippen molar-refractivity contribution in [2.24, 2.45) is 11.0 Å². The molecule has 0 aromatic carbocycles. The summed E-state index contributed by atoms with van der Waals surface area (Å²) in [5.41, 5.74) is 3.36. The first-order valence-electron chi connectivity index (χ1n) is 4.76. The van der Waals surface area contributed by atoms with Gasteiger partial charge in [-0.05, 0) is 31.9 Å². The van der Waals surface area contributed by atoms with Crippen molar-refractivity contribution in [3.8, 4) is 0 Å². The summed E-state index contributed by atoms with van der Waals surface area (Å²) in [6.45, 7) is 1.86. The van der Waals surface area contributed by atoms with Gasteiger partial charge < -0.3 is 0 Å². The summed E-state index contributed by atoms with van der Waals surface area (Å²) in [6.07, 6.45) is 1.98. The fourth-order valence-electron chi connectivity index (χ4n) is 1.14. The molecule has 1 aliphatic carbocycles. The van der Waals surface area contributed by atoms with Crippen molar-refractivity contribution in [3.63, 3.8) is 0 Å². The Hall–Kier alpha value is -0.870. The zero-order valence-electron chi connectivity index (χ0n) is 8.29. The van der Waals surface area contributed by atoms with Crippen LogP contribution in [-0.4, -0.2) is 11.6 Å². The molecule has 1 aliphatic rings. The predicted molar refractivity (Wildman–Crippen MR) is 62.4 cm³/mol. The fraction of sp³-hybridized carbons (Fsp3) is 0.400. The molecule has 1 aromatic heterocycles. The second-order valence-electron chi connectivity index (χ2n) is 3.55. The smallest absolute Gasteiger partial charge is 0.243 e. The van der Waals surface area contributed by atoms with Gasteiger partial charge in [0.15, 0.2) is 0 Å². The zero-order chi connectivity index (χ0) is 10.8. The SMILES string of the molecule is C/C(=N/NC(=O)C1CC1)c1ccc(Cl)s1. The lowest BCUT2D eigenvalue weighted by molar-refractivity contribution is -0.122. The first-order valence-corrected chi connectivity index (χ1v) is 5.96. The van der Waals surface area contributed by atoms with E-state index in [1.807, 2.05) is 19.1 Å². The van der Waals surface area contributed by atoms with Crippen LogP contribution in [0.2, 0.25) is 4.34 Å². The Morgan fingerprint density at radius 2 is 2.33 bits per heavy atom. The van der Waals surface area contributed by atoms with Gasteiger partial charge in [-0.1, -0.05) is 11.6 Å². The first-order chi connectivity index (χ1) is 7.16. The molecule has 0 spiro atoms. The number of hydrogen-bond donors (Lipinski definition) is 1. The quantitative estimate of drug-likeness (QED) is 0.643. The van der Waals surface area contributed by atoms with Gasteiger partial charge in [0.05, 0.1) is 14.9 Å². The highest BCUT2D eigenvalue weighted by Crippen LogP contribution is 2.28. The summed E-state index contributed by atoms with van der Waals surface area (Å²) in [5, 5.41) is 4.04. The Morgan fingerprint density at radius 1 is 1.60 bits per heavy atom. The Balaban J connectivity index is 1.97. The average Bonchev–Trinajstić information content (AvgIpc) is 2.97. The lowest BCUT2D eigenvalue weighted by Crippen LogP contribution is -2.20. The number of thiophene rings is 1. The van der Waals surface area contributed by atoms with Crippen molar-refractivity contribution in [1.82, 2.24) is 5.43 Å². The van der Waals surface area contributed by atoms with Gasteiger partial charge in [0.1, 0.15) is 0 Å². The number of halogens is 1. The van der Waals surface area contributed by atoms with Gasteiger partial charge in [-0.15, -0.1) is 11.3 Å². The van der Waals surface area contributed by atoms with Crippen LogP contribution in [0.5, 0.6) is 0 Å². The maximum absolute atomic E-state index is 11.3. The van der Waals surface area contributed by atoms with Crippen LogP contribution in [0.3, 0.4) is 0 Å². The van der Waals surface area contributed by atoms with E-state index in [-0.39, 0.29) is 11.8 Å². The second kappa shape index (κ2) is 4.33. The van der Waals surface area contributed by atoms with E-state index in [1.54, 1.807) is 0 Å². The van der Waals surface area contributed by atoms with Crippen LogP contribution < -0.4 is 5.43 Å². The number of nitrogens with zero attached hydrogens (tertiary/aromatic N) is 1. The van der Waals surface area contributed by atoms with Crippen molar-refractivity contribution in [2.75, 3.05) is 0 Å². The molecule has 80 valence electrons. The number of hydrogen-bond acceptors (Lipinski definition) is 3. The van der Waals surface area contributed by atoms with Gasteiger partial charge in [0.25, 0.3) is 0 Å². The Morgan fingerprint density at radius 3 is 2.87 bits per heavy atom. The van der Waals surface area contributed by atoms with Gasteiger partial charge >= 0.3 is 0 Å². The summed E-state index contributed by atoms with van der Waals surface area (Å²) >= 11 is 7.26. The highest BCUT2D eigenvalue weighted by molar-refractivity contribution is 7.18. The van der Waals surface area contributed by atoms with Crippen molar-refractivity contribution in [1.29, 1.82) is 0 Å². The third-order valence-electron chi connectivity index (χ3n) is 2.21. The predicted octanol–water partition coefficient (Wildman–Crippen LogP) is 2.65. The molecule has 0 unspecified atom stereocenters. The van der Waals surface area contributed by atoms with Crippen LogP contribution in [-0.2, 0) is 4.79 Å². The summed E-state index contributed by atoms with van der Waals surface area (Å²) < 4.78 is 0.730. The average molecular weight is 243 g/mol. The van der Waals surface area contributed by atoms with Crippen LogP contribution in [0.15, 0.2) is 17.2 Å². The van der Waals surface area contributed by atoms with Gasteiger partial charge in [-0.25, -0.2) is 5.43 Å². The van der Waals surface area contributed by atoms with Crippen molar-refractivity contribution >= 4 is 34.6 Å². The third kappa shape index (κ3) is 2.79. The highest BCUT2D eigenvalue weighted by atomic mass is 35.5. The van der Waals surface area contributed by atoms with E-state index >= 15 is 0 Å². The van der Waals surface area contributed by atoms with E-state index in [1.165, 1.54) is 11.3 Å². The molecule has 0 bridgehead atoms. The molecule has 3 nitrogen and oxygen atoms in total. The molecule has 1 N–H and O–H groups in total. The maximum atomic E-state index is 11.3. The minimum absolute atomic E-state index is 0.0250. The minimum Gasteiger partial charge on any atom is -0.273 e. The number of nitrogens with one attached hydrogen (secondary N) is 1. The Bertz CT molecular complexity index is 409. The van der Waals surface area contributed by atoms with Gasteiger partial charge in [0.2, 0.25) is 5.91 Å². The summed E-state index contributed by atoms with van der Waals surface area (Å²) in [6, 6.07) is 3.72. The minimum atomic E-state index is 0.0250. The Labute approximate surface area is 97.1 Å². The van der Waals surface area contributed by atoms with Crippen molar-refractivity contribution < 1.29 is 4.79 Å².